The van der Waals surface area contributed by atoms with Crippen LogP contribution in [0.3, 0.4) is 0 Å². The Morgan fingerprint density at radius 2 is 2.41 bits per heavy atom. The van der Waals surface area contributed by atoms with Gasteiger partial charge in [0.05, 0.1) is 7.11 Å². The fourth-order valence-corrected chi connectivity index (χ4v) is 1.67. The van der Waals surface area contributed by atoms with Gasteiger partial charge in [-0.05, 0) is 19.1 Å². The lowest BCUT2D eigenvalue weighted by atomic mass is 10.3. The fourth-order valence-electron chi connectivity index (χ4n) is 1.67. The van der Waals surface area contributed by atoms with E-state index in [-0.39, 0.29) is 12.0 Å². The van der Waals surface area contributed by atoms with Crippen LogP contribution in [0.1, 0.15) is 12.6 Å². The number of nitrogens with zero attached hydrogens (tertiary/aromatic N) is 2. The molecule has 5 heteroatoms. The van der Waals surface area contributed by atoms with Gasteiger partial charge in [-0.2, -0.15) is 0 Å². The van der Waals surface area contributed by atoms with E-state index in [1.807, 2.05) is 28.8 Å². The average Bonchev–Trinajstić information content (AvgIpc) is 2.83. The number of nitrogens with one attached hydrogen (secondary N) is 1. The van der Waals surface area contributed by atoms with Crippen LogP contribution in [-0.4, -0.2) is 28.5 Å². The summed E-state index contributed by atoms with van der Waals surface area (Å²) in [5.41, 5.74) is 1.95. The predicted octanol–water partition coefficient (Wildman–Crippen LogP) is 0.985. The summed E-state index contributed by atoms with van der Waals surface area (Å²) in [5.74, 6) is -0.261. The third-order valence-corrected chi connectivity index (χ3v) is 2.66. The maximum atomic E-state index is 11.2. The first-order valence-electron chi connectivity index (χ1n) is 5.44. The Morgan fingerprint density at radius 1 is 1.59 bits per heavy atom. The highest BCUT2D eigenvalue weighted by Gasteiger charge is 2.12. The number of carbonyl (C=O) groups excluding carboxylic acids is 1. The van der Waals surface area contributed by atoms with E-state index in [1.54, 1.807) is 13.1 Å². The largest absolute Gasteiger partial charge is 0.468 e. The molecule has 0 unspecified atom stereocenters. The molecule has 0 aromatic carbocycles. The standard InChI is InChI=1S/C12H15N3O2/c1-9(12(16)17-2)14-8-10-4-3-5-11-13-6-7-15(10)11/h3-7,9,14H,8H2,1-2H3/t9-/m1/s1. The summed E-state index contributed by atoms with van der Waals surface area (Å²) in [6.45, 7) is 2.36. The highest BCUT2D eigenvalue weighted by atomic mass is 16.5. The first-order chi connectivity index (χ1) is 8.22. The van der Waals surface area contributed by atoms with E-state index in [4.69, 9.17) is 0 Å². The summed E-state index contributed by atoms with van der Waals surface area (Å²) in [7, 11) is 1.39. The van der Waals surface area contributed by atoms with Crippen molar-refractivity contribution in [2.75, 3.05) is 7.11 Å². The molecule has 2 heterocycles. The van der Waals surface area contributed by atoms with Crippen LogP contribution in [0.2, 0.25) is 0 Å². The number of hydrogen-bond acceptors (Lipinski definition) is 4. The van der Waals surface area contributed by atoms with Crippen LogP contribution in [0.5, 0.6) is 0 Å². The fraction of sp³-hybridized carbons (Fsp3) is 0.333. The van der Waals surface area contributed by atoms with Crippen molar-refractivity contribution in [1.82, 2.24) is 14.7 Å². The quantitative estimate of drug-likeness (QED) is 0.800. The van der Waals surface area contributed by atoms with Crippen LogP contribution in [0.25, 0.3) is 5.65 Å². The molecule has 0 fully saturated rings. The number of ether oxygens (including phenoxy) is 1. The maximum absolute atomic E-state index is 11.2. The van der Waals surface area contributed by atoms with Crippen LogP contribution in [-0.2, 0) is 16.1 Å². The van der Waals surface area contributed by atoms with Crippen molar-refractivity contribution >= 4 is 11.6 Å². The zero-order valence-corrected chi connectivity index (χ0v) is 9.88. The van der Waals surface area contributed by atoms with Gasteiger partial charge in [0.25, 0.3) is 0 Å². The minimum absolute atomic E-state index is 0.261. The van der Waals surface area contributed by atoms with Crippen molar-refractivity contribution in [2.24, 2.45) is 0 Å². The van der Waals surface area contributed by atoms with Gasteiger partial charge in [-0.1, -0.05) is 6.07 Å². The topological polar surface area (TPSA) is 55.6 Å². The second kappa shape index (κ2) is 4.97. The maximum Gasteiger partial charge on any atom is 0.322 e. The van der Waals surface area contributed by atoms with Gasteiger partial charge < -0.3 is 9.14 Å². The Bertz CT molecular complexity index is 521. The van der Waals surface area contributed by atoms with Crippen LogP contribution < -0.4 is 5.32 Å². The number of hydrogen-bond donors (Lipinski definition) is 1. The molecule has 2 aromatic heterocycles. The molecular weight excluding hydrogens is 218 g/mol. The molecule has 0 aliphatic carbocycles. The molecule has 17 heavy (non-hydrogen) atoms. The monoisotopic (exact) mass is 233 g/mol. The summed E-state index contributed by atoms with van der Waals surface area (Å²) in [6, 6.07) is 5.56. The van der Waals surface area contributed by atoms with E-state index in [2.05, 4.69) is 15.0 Å². The number of imidazole rings is 1. The van der Waals surface area contributed by atoms with E-state index in [0.717, 1.165) is 11.3 Å². The summed E-state index contributed by atoms with van der Waals surface area (Å²) in [4.78, 5) is 15.4. The Kier molecular flexibility index (Phi) is 3.39. The van der Waals surface area contributed by atoms with Crippen molar-refractivity contribution in [3.63, 3.8) is 0 Å². The molecule has 0 saturated carbocycles. The van der Waals surface area contributed by atoms with Crippen molar-refractivity contribution in [3.05, 3.63) is 36.3 Å². The van der Waals surface area contributed by atoms with Gasteiger partial charge in [-0.15, -0.1) is 0 Å². The second-order valence-electron chi connectivity index (χ2n) is 3.80. The molecule has 0 bridgehead atoms. The van der Waals surface area contributed by atoms with Gasteiger partial charge in [0.2, 0.25) is 0 Å². The van der Waals surface area contributed by atoms with Gasteiger partial charge in [0.1, 0.15) is 11.7 Å². The number of esters is 1. The van der Waals surface area contributed by atoms with Crippen molar-refractivity contribution in [1.29, 1.82) is 0 Å². The van der Waals surface area contributed by atoms with Gasteiger partial charge >= 0.3 is 5.97 Å². The third-order valence-electron chi connectivity index (χ3n) is 2.66. The average molecular weight is 233 g/mol. The Morgan fingerprint density at radius 3 is 3.18 bits per heavy atom. The highest BCUT2D eigenvalue weighted by molar-refractivity contribution is 5.75. The second-order valence-corrected chi connectivity index (χ2v) is 3.80. The van der Waals surface area contributed by atoms with Crippen LogP contribution in [0, 0.1) is 0 Å². The minimum atomic E-state index is -0.321. The lowest BCUT2D eigenvalue weighted by Gasteiger charge is -2.12. The number of carbonyl (C=O) groups is 1. The summed E-state index contributed by atoms with van der Waals surface area (Å²) < 4.78 is 6.64. The van der Waals surface area contributed by atoms with Crippen molar-refractivity contribution < 1.29 is 9.53 Å². The molecule has 0 saturated heterocycles. The molecule has 1 atom stereocenters. The van der Waals surface area contributed by atoms with E-state index < -0.39 is 0 Å². The minimum Gasteiger partial charge on any atom is -0.468 e. The number of rotatable bonds is 4. The predicted molar refractivity (Wildman–Crippen MR) is 63.5 cm³/mol. The van der Waals surface area contributed by atoms with Gasteiger partial charge in [0.15, 0.2) is 0 Å². The summed E-state index contributed by atoms with van der Waals surface area (Å²) in [6.07, 6.45) is 3.65. The molecule has 1 N–H and O–H groups in total. The van der Waals surface area contributed by atoms with Gasteiger partial charge in [-0.25, -0.2) is 4.98 Å². The molecule has 0 spiro atoms. The third kappa shape index (κ3) is 2.45. The van der Waals surface area contributed by atoms with E-state index in [0.29, 0.717) is 6.54 Å². The van der Waals surface area contributed by atoms with Crippen molar-refractivity contribution in [2.45, 2.75) is 19.5 Å². The molecule has 0 amide bonds. The van der Waals surface area contributed by atoms with Crippen LogP contribution in [0.15, 0.2) is 30.6 Å². The van der Waals surface area contributed by atoms with Gasteiger partial charge in [-0.3, -0.25) is 10.1 Å². The lowest BCUT2D eigenvalue weighted by molar-refractivity contribution is -0.142. The molecule has 0 radical (unpaired) electrons. The zero-order chi connectivity index (χ0) is 12.3. The Balaban J connectivity index is 2.09. The van der Waals surface area contributed by atoms with Crippen LogP contribution in [0.4, 0.5) is 0 Å². The molecule has 90 valence electrons. The molecule has 2 rings (SSSR count). The molecule has 0 aliphatic heterocycles. The number of pyridine rings is 1. The normalized spacial score (nSPS) is 12.6. The van der Waals surface area contributed by atoms with E-state index >= 15 is 0 Å². The lowest BCUT2D eigenvalue weighted by Crippen LogP contribution is -2.34. The van der Waals surface area contributed by atoms with Gasteiger partial charge in [0, 0.05) is 24.6 Å². The molecule has 0 aliphatic rings. The highest BCUT2D eigenvalue weighted by Crippen LogP contribution is 2.05. The smallest absolute Gasteiger partial charge is 0.322 e. The number of methoxy groups -OCH3 is 1. The molecule has 2 aromatic rings. The van der Waals surface area contributed by atoms with Crippen LogP contribution >= 0.6 is 0 Å². The Labute approximate surface area is 99.4 Å². The van der Waals surface area contributed by atoms with E-state index in [1.165, 1.54) is 7.11 Å². The molecular formula is C12H15N3O2. The first-order valence-corrected chi connectivity index (χ1v) is 5.44. The molecule has 5 nitrogen and oxygen atoms in total. The number of fused-ring (bicyclic) bond motifs is 1. The SMILES string of the molecule is COC(=O)[C@@H](C)NCc1cccc2nccn12. The zero-order valence-electron chi connectivity index (χ0n) is 9.88. The number of aromatic nitrogens is 2. The summed E-state index contributed by atoms with van der Waals surface area (Å²) >= 11 is 0. The van der Waals surface area contributed by atoms with E-state index in [9.17, 15) is 4.79 Å². The first kappa shape index (κ1) is 11.6. The van der Waals surface area contributed by atoms with Crippen molar-refractivity contribution in [3.8, 4) is 0 Å². The summed E-state index contributed by atoms with van der Waals surface area (Å²) in [5, 5.41) is 3.11. The Hall–Kier alpha value is -1.88.